The van der Waals surface area contributed by atoms with Crippen LogP contribution in [0.4, 0.5) is 9.59 Å². The van der Waals surface area contributed by atoms with Crippen molar-refractivity contribution in [3.05, 3.63) is 59.7 Å². The van der Waals surface area contributed by atoms with Gasteiger partial charge in [-0.05, 0) is 0 Å². The number of rotatable bonds is 7. The van der Waals surface area contributed by atoms with Gasteiger partial charge in [-0.25, -0.2) is 0 Å². The van der Waals surface area contributed by atoms with Crippen LogP contribution < -0.4 is 30.7 Å². The van der Waals surface area contributed by atoms with Crippen LogP contribution in [0, 0.1) is 5.92 Å². The number of ether oxygens (including phenoxy) is 3. The summed E-state index contributed by atoms with van der Waals surface area (Å²) < 4.78 is 13.4. The Hall–Kier alpha value is -2.75. The predicted molar refractivity (Wildman–Crippen MR) is 95.4 cm³/mol. The molecule has 0 saturated heterocycles. The van der Waals surface area contributed by atoms with E-state index in [0.29, 0.717) is 0 Å². The molecule has 2 aromatic carbocycles. The number of hydrogen-bond donors (Lipinski definition) is 0. The monoisotopic (exact) mass is 497 g/mol. The number of carbonyl (C=O) groups excluding carboxylic acids is 4. The third-order valence-corrected chi connectivity index (χ3v) is 4.83. The van der Waals surface area contributed by atoms with Crippen LogP contribution in [0.25, 0.3) is 0 Å². The van der Waals surface area contributed by atoms with Crippen molar-refractivity contribution in [2.45, 2.75) is 13.8 Å². The van der Waals surface area contributed by atoms with Crippen molar-refractivity contribution in [2.75, 3.05) is 7.11 Å². The first-order valence-electron chi connectivity index (χ1n) is 8.22. The van der Waals surface area contributed by atoms with E-state index in [9.17, 15) is 19.2 Å². The van der Waals surface area contributed by atoms with Gasteiger partial charge in [0.2, 0.25) is 0 Å². The minimum absolute atomic E-state index is 0.00207. The normalized spacial score (nSPS) is 10.4. The first-order valence-corrected chi connectivity index (χ1v) is 10.4. The van der Waals surface area contributed by atoms with Crippen LogP contribution >= 0.6 is 0 Å². The van der Waals surface area contributed by atoms with Crippen molar-refractivity contribution in [1.29, 1.82) is 0 Å². The number of benzene rings is 2. The molecule has 7 nitrogen and oxygen atoms in total. The number of ketones is 1. The molecule has 0 aliphatic rings. The molecule has 0 unspecified atom stereocenters. The number of carbonyl (C=O) groups is 4. The van der Waals surface area contributed by atoms with Crippen LogP contribution in [-0.2, 0) is 4.74 Å². The summed E-state index contributed by atoms with van der Waals surface area (Å²) >= 11 is -1.82. The molecule has 28 heavy (non-hydrogen) atoms. The molecule has 0 aliphatic carbocycles. The Labute approximate surface area is 172 Å². The number of esters is 1. The zero-order chi connectivity index (χ0) is 20.7. The summed E-state index contributed by atoms with van der Waals surface area (Å²) in [6, 6.07) is 12.4. The molecule has 0 heterocycles. The molecule has 148 valence electrons. The zero-order valence-electron chi connectivity index (χ0n) is 15.4. The van der Waals surface area contributed by atoms with Crippen LogP contribution in [0.1, 0.15) is 34.6 Å². The van der Waals surface area contributed by atoms with E-state index in [1.807, 2.05) is 0 Å². The molecular weight excluding hydrogens is 479 g/mol. The molecular formula is C20H18IO7-. The fourth-order valence-corrected chi connectivity index (χ4v) is 3.23. The van der Waals surface area contributed by atoms with Gasteiger partial charge in [0.1, 0.15) is 0 Å². The van der Waals surface area contributed by atoms with E-state index in [4.69, 9.17) is 9.47 Å². The summed E-state index contributed by atoms with van der Waals surface area (Å²) in [6.45, 7) is 3.48. The standard InChI is InChI=1S/C20H18IO7/c1-12(2)17(22)13-8-4-6-10-15(13)27-19(24)21-20(25)28-16-11-7-5-9-14(16)18(23)26-3/h4-12H,1-3H3/q-1. The van der Waals surface area contributed by atoms with Gasteiger partial charge in [0, 0.05) is 0 Å². The van der Waals surface area contributed by atoms with Crippen LogP contribution in [-0.4, -0.2) is 26.8 Å². The molecule has 0 aromatic heterocycles. The maximum absolute atomic E-state index is 12.2. The van der Waals surface area contributed by atoms with E-state index < -0.39 is 35.1 Å². The molecule has 0 spiro atoms. The maximum atomic E-state index is 12.2. The summed E-state index contributed by atoms with van der Waals surface area (Å²) in [6.07, 6.45) is 0. The van der Waals surface area contributed by atoms with E-state index in [-0.39, 0.29) is 34.3 Å². The van der Waals surface area contributed by atoms with E-state index in [0.717, 1.165) is 0 Å². The van der Waals surface area contributed by atoms with E-state index in [1.54, 1.807) is 44.2 Å². The zero-order valence-corrected chi connectivity index (χ0v) is 17.6. The molecule has 8 heteroatoms. The molecule has 0 bridgehead atoms. The average Bonchev–Trinajstić information content (AvgIpc) is 2.67. The Kier molecular flexibility index (Phi) is 7.68. The summed E-state index contributed by atoms with van der Waals surface area (Å²) in [4.78, 5) is 48.2. The van der Waals surface area contributed by atoms with Crippen molar-refractivity contribution in [3.63, 3.8) is 0 Å². The van der Waals surface area contributed by atoms with Gasteiger partial charge >= 0.3 is 172 Å². The van der Waals surface area contributed by atoms with Crippen LogP contribution in [0.3, 0.4) is 0 Å². The Morgan fingerprint density at radius 1 is 0.786 bits per heavy atom. The van der Waals surface area contributed by atoms with Gasteiger partial charge in [0.15, 0.2) is 0 Å². The summed E-state index contributed by atoms with van der Waals surface area (Å²) in [5.74, 6) is -0.994. The second kappa shape index (κ2) is 9.98. The van der Waals surface area contributed by atoms with Crippen molar-refractivity contribution < 1.29 is 54.6 Å². The van der Waals surface area contributed by atoms with Crippen molar-refractivity contribution >= 4 is 19.7 Å². The van der Waals surface area contributed by atoms with Crippen LogP contribution in [0.5, 0.6) is 11.5 Å². The van der Waals surface area contributed by atoms with E-state index in [1.165, 1.54) is 25.3 Å². The molecule has 2 aromatic rings. The minimum atomic E-state index is -1.82. The molecule has 0 saturated carbocycles. The second-order valence-electron chi connectivity index (χ2n) is 5.78. The van der Waals surface area contributed by atoms with Crippen LogP contribution in [0.2, 0.25) is 0 Å². The van der Waals surface area contributed by atoms with Crippen molar-refractivity contribution in [2.24, 2.45) is 5.92 Å². The van der Waals surface area contributed by atoms with Crippen molar-refractivity contribution in [1.82, 2.24) is 0 Å². The summed E-state index contributed by atoms with van der Waals surface area (Å²) in [5, 5.41) is 0. The van der Waals surface area contributed by atoms with Gasteiger partial charge < -0.3 is 0 Å². The van der Waals surface area contributed by atoms with Gasteiger partial charge in [0.25, 0.3) is 0 Å². The molecule has 0 atom stereocenters. The van der Waals surface area contributed by atoms with E-state index >= 15 is 0 Å². The Bertz CT molecular complexity index is 905. The topological polar surface area (TPSA) is 96.0 Å². The third kappa shape index (κ3) is 5.62. The van der Waals surface area contributed by atoms with Gasteiger partial charge in [-0.2, -0.15) is 0 Å². The Balaban J connectivity index is 2.06. The first kappa shape index (κ1) is 21.5. The fourth-order valence-electron chi connectivity index (χ4n) is 2.18. The quantitative estimate of drug-likeness (QED) is 0.245. The van der Waals surface area contributed by atoms with Gasteiger partial charge in [-0.15, -0.1) is 0 Å². The van der Waals surface area contributed by atoms with Crippen molar-refractivity contribution in [3.8, 4) is 11.5 Å². The molecule has 0 amide bonds. The molecule has 0 N–H and O–H groups in total. The number of hydrogen-bond acceptors (Lipinski definition) is 7. The van der Waals surface area contributed by atoms with Gasteiger partial charge in [-0.1, -0.05) is 0 Å². The predicted octanol–water partition coefficient (Wildman–Crippen LogP) is 1.10. The fraction of sp³-hybridized carbons (Fsp3) is 0.200. The molecule has 0 aliphatic heterocycles. The summed E-state index contributed by atoms with van der Waals surface area (Å²) in [5.41, 5.74) is 0.350. The number of para-hydroxylation sites is 2. The SMILES string of the molecule is COC(=O)c1ccccc1OC(=O)[I-]C(=O)Oc1ccccc1C(=O)C(C)C. The first-order chi connectivity index (χ1) is 13.3. The van der Waals surface area contributed by atoms with Gasteiger partial charge in [0.05, 0.1) is 0 Å². The van der Waals surface area contributed by atoms with E-state index in [2.05, 4.69) is 4.74 Å². The summed E-state index contributed by atoms with van der Waals surface area (Å²) in [7, 11) is 1.21. The molecule has 0 fully saturated rings. The Morgan fingerprint density at radius 3 is 1.75 bits per heavy atom. The molecule has 0 radical (unpaired) electrons. The van der Waals surface area contributed by atoms with Gasteiger partial charge in [-0.3, -0.25) is 0 Å². The number of methoxy groups -OCH3 is 1. The Morgan fingerprint density at radius 2 is 1.25 bits per heavy atom. The van der Waals surface area contributed by atoms with Crippen LogP contribution in [0.15, 0.2) is 48.5 Å². The average molecular weight is 497 g/mol. The second-order valence-corrected chi connectivity index (χ2v) is 8.08. The molecule has 2 rings (SSSR count). The number of halogens is 1. The number of Topliss-reactive ketones (excluding diaryl/α,β-unsaturated/α-hetero) is 1. The third-order valence-electron chi connectivity index (χ3n) is 3.50.